The fourth-order valence-corrected chi connectivity index (χ4v) is 7.46. The molecule has 1 heterocycles. The van der Waals surface area contributed by atoms with Gasteiger partial charge in [-0.15, -0.1) is 0 Å². The van der Waals surface area contributed by atoms with E-state index >= 15 is 0 Å². The van der Waals surface area contributed by atoms with Crippen LogP contribution in [0.1, 0.15) is 36.3 Å². The fourth-order valence-electron chi connectivity index (χ4n) is 7.46. The minimum absolute atomic E-state index is 0.650. The maximum absolute atomic E-state index is 2.46. The molecule has 0 bridgehead atoms. The summed E-state index contributed by atoms with van der Waals surface area (Å²) in [7, 11) is 0. The Labute approximate surface area is 226 Å². The SMILES string of the molecule is C1=c2cccc3ccc4c(c23)C(C1)CCC=4c1ccc2cc(-n3c4ccccc4c4ccccc43)ccc2c1. The first kappa shape index (κ1) is 21.3. The van der Waals surface area contributed by atoms with Crippen LogP contribution in [0.3, 0.4) is 0 Å². The second-order valence-corrected chi connectivity index (χ2v) is 11.2. The Hall–Kier alpha value is -4.62. The molecule has 0 saturated heterocycles. The summed E-state index contributed by atoms with van der Waals surface area (Å²) in [6.07, 6.45) is 6.00. The van der Waals surface area contributed by atoms with Crippen LogP contribution in [0.25, 0.3) is 60.7 Å². The number of fused-ring (bicyclic) bond motifs is 4. The second-order valence-electron chi connectivity index (χ2n) is 11.2. The highest BCUT2D eigenvalue weighted by Gasteiger charge is 2.25. The van der Waals surface area contributed by atoms with Gasteiger partial charge >= 0.3 is 0 Å². The molecule has 2 aliphatic rings. The molecule has 1 aromatic heterocycles. The van der Waals surface area contributed by atoms with E-state index in [0.717, 1.165) is 6.42 Å². The van der Waals surface area contributed by atoms with Gasteiger partial charge in [0.05, 0.1) is 11.0 Å². The Morgan fingerprint density at radius 2 is 1.36 bits per heavy atom. The van der Waals surface area contributed by atoms with Gasteiger partial charge in [0.15, 0.2) is 0 Å². The van der Waals surface area contributed by atoms with Gasteiger partial charge in [-0.1, -0.05) is 91.0 Å². The van der Waals surface area contributed by atoms with Crippen LogP contribution in [0.15, 0.2) is 115 Å². The quantitative estimate of drug-likeness (QED) is 0.226. The molecule has 0 amide bonds. The molecule has 9 rings (SSSR count). The smallest absolute Gasteiger partial charge is 0.0541 e. The highest BCUT2D eigenvalue weighted by Crippen LogP contribution is 2.38. The van der Waals surface area contributed by atoms with Crippen molar-refractivity contribution in [3.05, 3.63) is 137 Å². The zero-order chi connectivity index (χ0) is 25.5. The number of rotatable bonds is 2. The van der Waals surface area contributed by atoms with Gasteiger partial charge in [-0.25, -0.2) is 0 Å². The molecule has 0 fully saturated rings. The van der Waals surface area contributed by atoms with E-state index in [4.69, 9.17) is 0 Å². The Bertz CT molecular complexity index is 2210. The highest BCUT2D eigenvalue weighted by molar-refractivity contribution is 6.09. The molecule has 1 atom stereocenters. The molecule has 1 unspecified atom stereocenters. The maximum Gasteiger partial charge on any atom is 0.0541 e. The first-order valence-electron chi connectivity index (χ1n) is 14.1. The Balaban J connectivity index is 1.23. The summed E-state index contributed by atoms with van der Waals surface area (Å²) in [4.78, 5) is 0. The molecule has 1 nitrogen and oxygen atoms in total. The first-order chi connectivity index (χ1) is 19.3. The normalized spacial score (nSPS) is 16.3. The zero-order valence-corrected chi connectivity index (χ0v) is 21.7. The lowest BCUT2D eigenvalue weighted by Gasteiger charge is -2.28. The lowest BCUT2D eigenvalue weighted by Crippen LogP contribution is -2.27. The van der Waals surface area contributed by atoms with E-state index in [0.29, 0.717) is 5.92 Å². The molecule has 0 radical (unpaired) electrons. The van der Waals surface area contributed by atoms with E-state index in [2.05, 4.69) is 126 Å². The van der Waals surface area contributed by atoms with E-state index < -0.39 is 0 Å². The van der Waals surface area contributed by atoms with Crippen molar-refractivity contribution in [1.82, 2.24) is 4.57 Å². The van der Waals surface area contributed by atoms with Gasteiger partial charge in [-0.3, -0.25) is 0 Å². The summed E-state index contributed by atoms with van der Waals surface area (Å²) in [5.74, 6) is 0.650. The van der Waals surface area contributed by atoms with Gasteiger partial charge in [0, 0.05) is 16.5 Å². The van der Waals surface area contributed by atoms with Gasteiger partial charge < -0.3 is 4.57 Å². The lowest BCUT2D eigenvalue weighted by molar-refractivity contribution is 0.640. The summed E-state index contributed by atoms with van der Waals surface area (Å²) in [5, 5.41) is 10.9. The van der Waals surface area contributed by atoms with Crippen LogP contribution >= 0.6 is 0 Å². The molecule has 7 aromatic rings. The van der Waals surface area contributed by atoms with Crippen LogP contribution in [0, 0.1) is 0 Å². The third-order valence-electron chi connectivity index (χ3n) is 9.23. The topological polar surface area (TPSA) is 4.93 Å². The van der Waals surface area contributed by atoms with Crippen molar-refractivity contribution in [2.24, 2.45) is 0 Å². The van der Waals surface area contributed by atoms with Crippen molar-refractivity contribution in [3.63, 3.8) is 0 Å². The van der Waals surface area contributed by atoms with E-state index in [9.17, 15) is 0 Å². The minimum Gasteiger partial charge on any atom is -0.309 e. The van der Waals surface area contributed by atoms with Crippen LogP contribution in [-0.4, -0.2) is 4.57 Å². The van der Waals surface area contributed by atoms with E-state index in [1.807, 2.05) is 0 Å². The molecule has 0 aliphatic heterocycles. The fraction of sp³-hybridized carbons (Fsp3) is 0.105. The van der Waals surface area contributed by atoms with Crippen molar-refractivity contribution >= 4 is 55.0 Å². The van der Waals surface area contributed by atoms with Gasteiger partial charge in [-0.2, -0.15) is 0 Å². The predicted octanol–water partition coefficient (Wildman–Crippen LogP) is 8.35. The number of benzene rings is 6. The van der Waals surface area contributed by atoms with Crippen molar-refractivity contribution in [3.8, 4) is 5.69 Å². The molecule has 39 heavy (non-hydrogen) atoms. The summed E-state index contributed by atoms with van der Waals surface area (Å²) < 4.78 is 2.41. The van der Waals surface area contributed by atoms with Gasteiger partial charge in [0.1, 0.15) is 0 Å². The first-order valence-corrected chi connectivity index (χ1v) is 14.1. The highest BCUT2D eigenvalue weighted by atomic mass is 15.0. The van der Waals surface area contributed by atoms with Crippen LogP contribution in [0.2, 0.25) is 0 Å². The third kappa shape index (κ3) is 3.02. The molecule has 184 valence electrons. The van der Waals surface area contributed by atoms with Crippen molar-refractivity contribution in [1.29, 1.82) is 0 Å². The molecular formula is C38H27N. The van der Waals surface area contributed by atoms with E-state index in [1.165, 1.54) is 83.5 Å². The van der Waals surface area contributed by atoms with Crippen LogP contribution in [0.4, 0.5) is 0 Å². The summed E-state index contributed by atoms with van der Waals surface area (Å²) >= 11 is 0. The minimum atomic E-state index is 0.650. The van der Waals surface area contributed by atoms with Crippen LogP contribution < -0.4 is 10.4 Å². The molecule has 1 heteroatoms. The third-order valence-corrected chi connectivity index (χ3v) is 9.23. The zero-order valence-electron chi connectivity index (χ0n) is 21.7. The van der Waals surface area contributed by atoms with E-state index in [1.54, 1.807) is 5.56 Å². The number of aromatic nitrogens is 1. The van der Waals surface area contributed by atoms with Crippen molar-refractivity contribution in [2.75, 3.05) is 0 Å². The largest absolute Gasteiger partial charge is 0.309 e. The number of hydrogen-bond donors (Lipinski definition) is 0. The van der Waals surface area contributed by atoms with Crippen molar-refractivity contribution < 1.29 is 0 Å². The molecular weight excluding hydrogens is 470 g/mol. The number of hydrogen-bond acceptors (Lipinski definition) is 0. The van der Waals surface area contributed by atoms with Gasteiger partial charge in [-0.05, 0) is 104 Å². The monoisotopic (exact) mass is 497 g/mol. The molecule has 0 saturated carbocycles. The molecule has 0 N–H and O–H groups in total. The lowest BCUT2D eigenvalue weighted by atomic mass is 9.76. The Morgan fingerprint density at radius 1 is 0.615 bits per heavy atom. The summed E-state index contributed by atoms with van der Waals surface area (Å²) in [5.41, 5.74) is 8.19. The number of para-hydroxylation sites is 2. The summed E-state index contributed by atoms with van der Waals surface area (Å²) in [6.45, 7) is 0. The molecule has 6 aromatic carbocycles. The number of nitrogens with zero attached hydrogens (tertiary/aromatic N) is 1. The van der Waals surface area contributed by atoms with Crippen LogP contribution in [0.5, 0.6) is 0 Å². The molecule has 0 spiro atoms. The molecule has 2 aliphatic carbocycles. The Morgan fingerprint density at radius 3 is 2.21 bits per heavy atom. The second kappa shape index (κ2) is 7.94. The summed E-state index contributed by atoms with van der Waals surface area (Å²) in [6, 6.07) is 43.0. The Kier molecular flexibility index (Phi) is 4.34. The van der Waals surface area contributed by atoms with Gasteiger partial charge in [0.25, 0.3) is 0 Å². The average molecular weight is 498 g/mol. The van der Waals surface area contributed by atoms with Gasteiger partial charge in [0.2, 0.25) is 0 Å². The van der Waals surface area contributed by atoms with Crippen molar-refractivity contribution in [2.45, 2.75) is 25.2 Å². The average Bonchev–Trinajstić information content (AvgIpc) is 3.34. The standard InChI is InChI=1S/C38H27N/c1-3-10-35-32(8-1)33-9-2-4-11-36(33)39(35)30-19-16-27-22-29(15-14-28(27)23-30)31-20-17-26-13-12-24-6-5-7-25-18-21-34(31)38(26)37(24)25/h1-12,14-16,18-19,21-23,26H,13,17,20H2. The maximum atomic E-state index is 2.46. The van der Waals surface area contributed by atoms with E-state index in [-0.39, 0.29) is 0 Å². The predicted molar refractivity (Wildman–Crippen MR) is 165 cm³/mol. The van der Waals surface area contributed by atoms with Crippen LogP contribution in [-0.2, 0) is 0 Å².